The lowest BCUT2D eigenvalue weighted by molar-refractivity contribution is 0.771. The molecule has 0 bridgehead atoms. The molecule has 0 amide bonds. The summed E-state index contributed by atoms with van der Waals surface area (Å²) in [6.07, 6.45) is 3.56. The molecular weight excluding hydrogens is 232 g/mol. The Kier molecular flexibility index (Phi) is 2.81. The highest BCUT2D eigenvalue weighted by atomic mass is 35.5. The van der Waals surface area contributed by atoms with Gasteiger partial charge in [-0.15, -0.1) is 0 Å². The number of nitrogens with zero attached hydrogens (tertiary/aromatic N) is 2. The highest BCUT2D eigenvalue weighted by Crippen LogP contribution is 2.32. The summed E-state index contributed by atoms with van der Waals surface area (Å²) >= 11 is 6.05. The first-order chi connectivity index (χ1) is 8.31. The number of hydrogen-bond acceptors (Lipinski definition) is 2. The van der Waals surface area contributed by atoms with Crippen molar-refractivity contribution in [2.75, 3.05) is 0 Å². The Balaban J connectivity index is 1.95. The molecule has 0 unspecified atom stereocenters. The van der Waals surface area contributed by atoms with Crippen LogP contribution < -0.4 is 0 Å². The molecule has 0 aliphatic heterocycles. The SMILES string of the molecule is Clc1cc(-c2ccccc2)nc(CC2CC2)n1. The minimum absolute atomic E-state index is 0.537. The quantitative estimate of drug-likeness (QED) is 0.769. The molecule has 1 aromatic carbocycles. The zero-order chi connectivity index (χ0) is 11.7. The van der Waals surface area contributed by atoms with Crippen molar-refractivity contribution in [2.45, 2.75) is 19.3 Å². The summed E-state index contributed by atoms with van der Waals surface area (Å²) in [4.78, 5) is 8.88. The van der Waals surface area contributed by atoms with Crippen LogP contribution >= 0.6 is 11.6 Å². The molecule has 17 heavy (non-hydrogen) atoms. The van der Waals surface area contributed by atoms with E-state index in [1.807, 2.05) is 36.4 Å². The second kappa shape index (κ2) is 4.46. The van der Waals surface area contributed by atoms with Gasteiger partial charge in [0.2, 0.25) is 0 Å². The molecular formula is C14H13ClN2. The van der Waals surface area contributed by atoms with E-state index in [2.05, 4.69) is 9.97 Å². The largest absolute Gasteiger partial charge is 0.233 e. The monoisotopic (exact) mass is 244 g/mol. The molecule has 0 spiro atoms. The van der Waals surface area contributed by atoms with Gasteiger partial charge in [-0.25, -0.2) is 9.97 Å². The van der Waals surface area contributed by atoms with Crippen LogP contribution in [0.3, 0.4) is 0 Å². The van der Waals surface area contributed by atoms with Crippen LogP contribution in [0.25, 0.3) is 11.3 Å². The van der Waals surface area contributed by atoms with Crippen LogP contribution in [-0.2, 0) is 6.42 Å². The third-order valence-corrected chi connectivity index (χ3v) is 3.17. The normalized spacial score (nSPS) is 14.9. The minimum Gasteiger partial charge on any atom is -0.233 e. The molecule has 0 atom stereocenters. The Morgan fingerprint density at radius 2 is 1.88 bits per heavy atom. The molecule has 2 nitrogen and oxygen atoms in total. The Morgan fingerprint density at radius 1 is 1.12 bits per heavy atom. The van der Waals surface area contributed by atoms with E-state index in [9.17, 15) is 0 Å². The lowest BCUT2D eigenvalue weighted by atomic mass is 10.1. The maximum atomic E-state index is 6.05. The highest BCUT2D eigenvalue weighted by molar-refractivity contribution is 6.29. The molecule has 1 aliphatic carbocycles. The third kappa shape index (κ3) is 2.64. The zero-order valence-electron chi connectivity index (χ0n) is 9.44. The summed E-state index contributed by atoms with van der Waals surface area (Å²) in [5, 5.41) is 0.537. The summed E-state index contributed by atoms with van der Waals surface area (Å²) in [6, 6.07) is 11.9. The standard InChI is InChI=1S/C14H13ClN2/c15-13-9-12(11-4-2-1-3-5-11)16-14(17-13)8-10-6-7-10/h1-5,9-10H,6-8H2. The number of aromatic nitrogens is 2. The van der Waals surface area contributed by atoms with E-state index in [1.165, 1.54) is 12.8 Å². The fraction of sp³-hybridized carbons (Fsp3) is 0.286. The molecule has 86 valence electrons. The molecule has 1 aromatic heterocycles. The van der Waals surface area contributed by atoms with Crippen LogP contribution in [0.2, 0.25) is 5.15 Å². The van der Waals surface area contributed by atoms with Gasteiger partial charge in [-0.05, 0) is 18.8 Å². The van der Waals surface area contributed by atoms with Gasteiger partial charge in [-0.1, -0.05) is 41.9 Å². The Morgan fingerprint density at radius 3 is 2.59 bits per heavy atom. The average Bonchev–Trinajstić information content (AvgIpc) is 3.13. The molecule has 0 radical (unpaired) electrons. The van der Waals surface area contributed by atoms with Crippen molar-refractivity contribution in [3.63, 3.8) is 0 Å². The summed E-state index contributed by atoms with van der Waals surface area (Å²) in [5.74, 6) is 1.65. The van der Waals surface area contributed by atoms with E-state index in [0.717, 1.165) is 29.4 Å². The first kappa shape index (κ1) is 10.7. The molecule has 1 fully saturated rings. The Hall–Kier alpha value is -1.41. The fourth-order valence-corrected chi connectivity index (χ4v) is 2.09. The maximum Gasteiger partial charge on any atom is 0.133 e. The van der Waals surface area contributed by atoms with Crippen molar-refractivity contribution in [2.24, 2.45) is 5.92 Å². The number of hydrogen-bond donors (Lipinski definition) is 0. The lowest BCUT2D eigenvalue weighted by Gasteiger charge is -2.04. The van der Waals surface area contributed by atoms with E-state index in [-0.39, 0.29) is 0 Å². The zero-order valence-corrected chi connectivity index (χ0v) is 10.2. The van der Waals surface area contributed by atoms with Gasteiger partial charge in [0.25, 0.3) is 0 Å². The Bertz CT molecular complexity index is 521. The van der Waals surface area contributed by atoms with E-state index in [0.29, 0.717) is 5.15 Å². The van der Waals surface area contributed by atoms with Gasteiger partial charge in [0.05, 0.1) is 5.69 Å². The van der Waals surface area contributed by atoms with Crippen molar-refractivity contribution < 1.29 is 0 Å². The lowest BCUT2D eigenvalue weighted by Crippen LogP contribution is -1.98. The summed E-state index contributed by atoms with van der Waals surface area (Å²) < 4.78 is 0. The van der Waals surface area contributed by atoms with Crippen LogP contribution in [0.1, 0.15) is 18.7 Å². The van der Waals surface area contributed by atoms with Crippen LogP contribution in [0, 0.1) is 5.92 Å². The van der Waals surface area contributed by atoms with E-state index >= 15 is 0 Å². The van der Waals surface area contributed by atoms with Gasteiger partial charge in [0, 0.05) is 18.1 Å². The number of rotatable bonds is 3. The molecule has 1 heterocycles. The number of benzene rings is 1. The van der Waals surface area contributed by atoms with Gasteiger partial charge in [-0.3, -0.25) is 0 Å². The van der Waals surface area contributed by atoms with Gasteiger partial charge >= 0.3 is 0 Å². The first-order valence-corrected chi connectivity index (χ1v) is 6.28. The summed E-state index contributed by atoms with van der Waals surface area (Å²) in [7, 11) is 0. The van der Waals surface area contributed by atoms with Crippen molar-refractivity contribution >= 4 is 11.6 Å². The molecule has 3 rings (SSSR count). The van der Waals surface area contributed by atoms with Crippen molar-refractivity contribution in [1.82, 2.24) is 9.97 Å². The van der Waals surface area contributed by atoms with Crippen LogP contribution in [0.15, 0.2) is 36.4 Å². The van der Waals surface area contributed by atoms with E-state index in [1.54, 1.807) is 0 Å². The second-order valence-electron chi connectivity index (χ2n) is 4.51. The average molecular weight is 245 g/mol. The van der Waals surface area contributed by atoms with E-state index < -0.39 is 0 Å². The van der Waals surface area contributed by atoms with Gasteiger partial charge < -0.3 is 0 Å². The van der Waals surface area contributed by atoms with Crippen LogP contribution in [0.4, 0.5) is 0 Å². The number of halogens is 1. The fourth-order valence-electron chi connectivity index (χ4n) is 1.89. The third-order valence-electron chi connectivity index (χ3n) is 2.98. The predicted molar refractivity (Wildman–Crippen MR) is 68.9 cm³/mol. The first-order valence-electron chi connectivity index (χ1n) is 5.90. The van der Waals surface area contributed by atoms with Crippen molar-refractivity contribution in [1.29, 1.82) is 0 Å². The molecule has 0 saturated heterocycles. The van der Waals surface area contributed by atoms with Crippen molar-refractivity contribution in [3.05, 3.63) is 47.4 Å². The Labute approximate surface area is 106 Å². The van der Waals surface area contributed by atoms with Crippen LogP contribution in [-0.4, -0.2) is 9.97 Å². The molecule has 2 aromatic rings. The van der Waals surface area contributed by atoms with E-state index in [4.69, 9.17) is 11.6 Å². The van der Waals surface area contributed by atoms with Gasteiger partial charge in [0.15, 0.2) is 0 Å². The topological polar surface area (TPSA) is 25.8 Å². The highest BCUT2D eigenvalue weighted by Gasteiger charge is 2.23. The van der Waals surface area contributed by atoms with Crippen LogP contribution in [0.5, 0.6) is 0 Å². The molecule has 3 heteroatoms. The smallest absolute Gasteiger partial charge is 0.133 e. The molecule has 1 saturated carbocycles. The maximum absolute atomic E-state index is 6.05. The molecule has 0 N–H and O–H groups in total. The van der Waals surface area contributed by atoms with Gasteiger partial charge in [0.1, 0.15) is 11.0 Å². The van der Waals surface area contributed by atoms with Gasteiger partial charge in [-0.2, -0.15) is 0 Å². The second-order valence-corrected chi connectivity index (χ2v) is 4.89. The summed E-state index contributed by atoms with van der Waals surface area (Å²) in [5.41, 5.74) is 2.01. The molecule has 1 aliphatic rings. The predicted octanol–water partition coefficient (Wildman–Crippen LogP) is 3.75. The summed E-state index contributed by atoms with van der Waals surface area (Å²) in [6.45, 7) is 0. The van der Waals surface area contributed by atoms with Crippen molar-refractivity contribution in [3.8, 4) is 11.3 Å². The minimum atomic E-state index is 0.537.